The van der Waals surface area contributed by atoms with E-state index in [0.717, 1.165) is 11.8 Å². The number of thioether (sulfide) groups is 1. The average Bonchev–Trinajstić information content (AvgIpc) is 3.04. The molecule has 2 aromatic carbocycles. The number of hydrogen-bond acceptors (Lipinski definition) is 7. The van der Waals surface area contributed by atoms with Gasteiger partial charge in [-0.1, -0.05) is 23.9 Å². The third-order valence-corrected chi connectivity index (χ3v) is 4.93. The minimum absolute atomic E-state index is 0.00563. The number of amidine groups is 1. The van der Waals surface area contributed by atoms with Crippen LogP contribution in [0.15, 0.2) is 52.7 Å². The molecule has 0 aromatic heterocycles. The highest BCUT2D eigenvalue weighted by Gasteiger charge is 2.32. The predicted molar refractivity (Wildman–Crippen MR) is 109 cm³/mol. The van der Waals surface area contributed by atoms with Gasteiger partial charge in [0.15, 0.2) is 16.7 Å². The smallest absolute Gasteiger partial charge is 0.240 e. The molecular weight excluding hydrogens is 399 g/mol. The Morgan fingerprint density at radius 1 is 1.38 bits per heavy atom. The Labute approximate surface area is 169 Å². The number of carbonyl (C=O) groups excluding carboxylic acids is 2. The standard InChI is InChI=1S/C19H17FN4O4S/c1-28-15-8-11(6-7-14(15)25)10-21-24-19-23-18(27)16(29-19)9-17(26)22-13-5-3-2-4-12(13)20/h2-8,10,16,25H,9H2,1H3,(H,22,26)(H,23,24,27)/b21-10-/t16-/m1/s1. The fourth-order valence-electron chi connectivity index (χ4n) is 2.44. The van der Waals surface area contributed by atoms with Gasteiger partial charge in [0.1, 0.15) is 11.1 Å². The summed E-state index contributed by atoms with van der Waals surface area (Å²) < 4.78 is 18.6. The molecule has 2 amide bonds. The topological polar surface area (TPSA) is 112 Å². The number of hydrogen-bond donors (Lipinski definition) is 3. The first-order valence-corrected chi connectivity index (χ1v) is 9.34. The van der Waals surface area contributed by atoms with Gasteiger partial charge in [-0.3, -0.25) is 9.59 Å². The van der Waals surface area contributed by atoms with Crippen LogP contribution in [0.5, 0.6) is 11.5 Å². The molecule has 1 aliphatic rings. The Balaban J connectivity index is 1.58. The fraction of sp³-hybridized carbons (Fsp3) is 0.158. The van der Waals surface area contributed by atoms with E-state index in [2.05, 4.69) is 20.8 Å². The normalized spacial score (nSPS) is 17.5. The number of aromatic hydroxyl groups is 1. The summed E-state index contributed by atoms with van der Waals surface area (Å²) in [5.74, 6) is -1.10. The number of nitrogens with zero attached hydrogens (tertiary/aromatic N) is 2. The first-order valence-electron chi connectivity index (χ1n) is 8.46. The van der Waals surface area contributed by atoms with E-state index >= 15 is 0 Å². The van der Waals surface area contributed by atoms with Gasteiger partial charge in [-0.15, -0.1) is 5.10 Å². The van der Waals surface area contributed by atoms with E-state index in [4.69, 9.17) is 4.74 Å². The minimum Gasteiger partial charge on any atom is -0.504 e. The van der Waals surface area contributed by atoms with Gasteiger partial charge in [-0.2, -0.15) is 5.10 Å². The molecule has 0 radical (unpaired) electrons. The van der Waals surface area contributed by atoms with Crippen molar-refractivity contribution in [3.8, 4) is 11.5 Å². The van der Waals surface area contributed by atoms with Crippen molar-refractivity contribution in [1.82, 2.24) is 5.32 Å². The lowest BCUT2D eigenvalue weighted by Crippen LogP contribution is -2.28. The molecule has 1 heterocycles. The number of anilines is 1. The van der Waals surface area contributed by atoms with E-state index < -0.39 is 17.0 Å². The van der Waals surface area contributed by atoms with Gasteiger partial charge < -0.3 is 20.5 Å². The van der Waals surface area contributed by atoms with Crippen LogP contribution in [0.2, 0.25) is 0 Å². The van der Waals surface area contributed by atoms with Crippen LogP contribution in [-0.2, 0) is 9.59 Å². The van der Waals surface area contributed by atoms with Crippen LogP contribution < -0.4 is 15.4 Å². The number of phenols is 1. The van der Waals surface area contributed by atoms with Gasteiger partial charge in [0.05, 0.1) is 19.0 Å². The number of rotatable bonds is 6. The van der Waals surface area contributed by atoms with Crippen molar-refractivity contribution in [2.24, 2.45) is 10.2 Å². The lowest BCUT2D eigenvalue weighted by Gasteiger charge is -2.07. The number of nitrogens with one attached hydrogen (secondary N) is 2. The second-order valence-electron chi connectivity index (χ2n) is 5.91. The number of para-hydroxylation sites is 1. The zero-order valence-electron chi connectivity index (χ0n) is 15.3. The van der Waals surface area contributed by atoms with Crippen molar-refractivity contribution in [3.05, 3.63) is 53.8 Å². The van der Waals surface area contributed by atoms with Gasteiger partial charge in [0, 0.05) is 6.42 Å². The number of halogens is 1. The summed E-state index contributed by atoms with van der Waals surface area (Å²) in [6.45, 7) is 0. The van der Waals surface area contributed by atoms with Crippen LogP contribution in [0.4, 0.5) is 10.1 Å². The zero-order valence-corrected chi connectivity index (χ0v) is 16.1. The van der Waals surface area contributed by atoms with Gasteiger partial charge in [0.2, 0.25) is 11.8 Å². The van der Waals surface area contributed by atoms with Crippen LogP contribution in [0, 0.1) is 5.82 Å². The lowest BCUT2D eigenvalue weighted by molar-refractivity contribution is -0.122. The number of amides is 2. The summed E-state index contributed by atoms with van der Waals surface area (Å²) in [6.07, 6.45) is 1.29. The van der Waals surface area contributed by atoms with Crippen LogP contribution in [0.3, 0.4) is 0 Å². The summed E-state index contributed by atoms with van der Waals surface area (Å²) in [5.41, 5.74) is 0.697. The van der Waals surface area contributed by atoms with Gasteiger partial charge in [0.25, 0.3) is 0 Å². The number of ether oxygens (including phenoxy) is 1. The molecule has 150 valence electrons. The first-order chi connectivity index (χ1) is 14.0. The molecule has 1 atom stereocenters. The summed E-state index contributed by atoms with van der Waals surface area (Å²) in [5, 5.41) is 21.9. The van der Waals surface area contributed by atoms with Crippen molar-refractivity contribution in [2.45, 2.75) is 11.7 Å². The van der Waals surface area contributed by atoms with Crippen molar-refractivity contribution < 1.29 is 23.8 Å². The largest absolute Gasteiger partial charge is 0.504 e. The van der Waals surface area contributed by atoms with Crippen LogP contribution in [0.1, 0.15) is 12.0 Å². The Kier molecular flexibility index (Phi) is 6.45. The third kappa shape index (κ3) is 5.32. The molecule has 1 fully saturated rings. The average molecular weight is 416 g/mol. The predicted octanol–water partition coefficient (Wildman–Crippen LogP) is 2.49. The quantitative estimate of drug-likeness (QED) is 0.495. The highest BCUT2D eigenvalue weighted by atomic mass is 32.2. The Bertz CT molecular complexity index is 996. The molecule has 2 aromatic rings. The molecule has 10 heteroatoms. The molecule has 1 aliphatic heterocycles. The molecular formula is C19H17FN4O4S. The van der Waals surface area contributed by atoms with E-state index in [-0.39, 0.29) is 28.9 Å². The molecule has 1 saturated heterocycles. The summed E-state index contributed by atoms with van der Waals surface area (Å²) in [4.78, 5) is 24.1. The van der Waals surface area contributed by atoms with Gasteiger partial charge >= 0.3 is 0 Å². The Hall–Kier alpha value is -3.40. The second kappa shape index (κ2) is 9.20. The van der Waals surface area contributed by atoms with Crippen molar-refractivity contribution in [2.75, 3.05) is 12.4 Å². The number of carbonyl (C=O) groups is 2. The van der Waals surface area contributed by atoms with E-state index in [0.29, 0.717) is 11.3 Å². The highest BCUT2D eigenvalue weighted by molar-refractivity contribution is 8.15. The molecule has 0 spiro atoms. The molecule has 0 aliphatic carbocycles. The molecule has 3 rings (SSSR count). The molecule has 8 nitrogen and oxygen atoms in total. The molecule has 29 heavy (non-hydrogen) atoms. The van der Waals surface area contributed by atoms with Crippen LogP contribution in [0.25, 0.3) is 0 Å². The summed E-state index contributed by atoms with van der Waals surface area (Å²) in [6, 6.07) is 10.5. The number of methoxy groups -OCH3 is 1. The molecule has 0 bridgehead atoms. The first kappa shape index (κ1) is 20.3. The fourth-order valence-corrected chi connectivity index (χ4v) is 3.37. The van der Waals surface area contributed by atoms with Crippen molar-refractivity contribution >= 4 is 40.6 Å². The summed E-state index contributed by atoms with van der Waals surface area (Å²) >= 11 is 1.06. The van der Waals surface area contributed by atoms with Crippen molar-refractivity contribution in [3.63, 3.8) is 0 Å². The Morgan fingerprint density at radius 2 is 2.17 bits per heavy atom. The van der Waals surface area contributed by atoms with E-state index in [1.54, 1.807) is 18.2 Å². The number of benzene rings is 2. The van der Waals surface area contributed by atoms with Crippen LogP contribution in [-0.4, -0.2) is 40.7 Å². The summed E-state index contributed by atoms with van der Waals surface area (Å²) in [7, 11) is 1.43. The van der Waals surface area contributed by atoms with Gasteiger partial charge in [-0.25, -0.2) is 4.39 Å². The van der Waals surface area contributed by atoms with Crippen LogP contribution >= 0.6 is 11.8 Å². The monoisotopic (exact) mass is 416 g/mol. The molecule has 0 saturated carbocycles. The van der Waals surface area contributed by atoms with Gasteiger partial charge in [-0.05, 0) is 35.9 Å². The Morgan fingerprint density at radius 3 is 2.93 bits per heavy atom. The molecule has 3 N–H and O–H groups in total. The van der Waals surface area contributed by atoms with Crippen molar-refractivity contribution in [1.29, 1.82) is 0 Å². The maximum atomic E-state index is 13.6. The van der Waals surface area contributed by atoms with E-state index in [9.17, 15) is 19.1 Å². The minimum atomic E-state index is -0.690. The van der Waals surface area contributed by atoms with E-state index in [1.165, 1.54) is 37.6 Å². The van der Waals surface area contributed by atoms with E-state index in [1.807, 2.05) is 0 Å². The highest BCUT2D eigenvalue weighted by Crippen LogP contribution is 2.26. The second-order valence-corrected chi connectivity index (χ2v) is 7.10. The maximum Gasteiger partial charge on any atom is 0.240 e. The maximum absolute atomic E-state index is 13.6. The number of phenolic OH excluding ortho intramolecular Hbond substituents is 1. The molecule has 0 unspecified atom stereocenters. The lowest BCUT2D eigenvalue weighted by atomic mass is 10.2. The SMILES string of the molecule is COc1cc(/C=N\N=C2/NC(=O)[C@@H](CC(=O)Nc3ccccc3F)S2)ccc1O. The third-order valence-electron chi connectivity index (χ3n) is 3.85. The zero-order chi connectivity index (χ0) is 20.8.